The maximum Gasteiger partial charge on any atom is 0.0731 e. The zero-order chi connectivity index (χ0) is 14.8. The van der Waals surface area contributed by atoms with Gasteiger partial charge in [-0.3, -0.25) is 10.8 Å². The molecule has 0 radical (unpaired) electrons. The van der Waals surface area contributed by atoms with E-state index in [1.165, 1.54) is 0 Å². The van der Waals surface area contributed by atoms with Gasteiger partial charge in [-0.2, -0.15) is 0 Å². The third-order valence-electron chi connectivity index (χ3n) is 3.46. The standard InChI is InChI=1S/C16H13Cl2N3/c17-11-4-5-15(18)13(8-11)16(21-19)12-3-1-2-10-6-7-20-9-14(10)12/h1-9,16,21H,19H2. The van der Waals surface area contributed by atoms with Crippen LogP contribution in [0.5, 0.6) is 0 Å². The van der Waals surface area contributed by atoms with Crippen molar-refractivity contribution in [3.05, 3.63) is 76.0 Å². The molecule has 1 atom stereocenters. The Morgan fingerprint density at radius 3 is 2.71 bits per heavy atom. The number of hydrazine groups is 1. The summed E-state index contributed by atoms with van der Waals surface area (Å²) in [7, 11) is 0. The fourth-order valence-electron chi connectivity index (χ4n) is 2.47. The molecule has 0 saturated carbocycles. The van der Waals surface area contributed by atoms with Crippen LogP contribution < -0.4 is 11.3 Å². The zero-order valence-corrected chi connectivity index (χ0v) is 12.6. The molecule has 0 spiro atoms. The number of pyridine rings is 1. The minimum absolute atomic E-state index is 0.260. The lowest BCUT2D eigenvalue weighted by molar-refractivity contribution is 0.641. The molecule has 106 valence electrons. The van der Waals surface area contributed by atoms with Crippen LogP contribution in [0.1, 0.15) is 17.2 Å². The summed E-state index contributed by atoms with van der Waals surface area (Å²) >= 11 is 12.4. The van der Waals surface area contributed by atoms with E-state index in [0.717, 1.165) is 21.9 Å². The monoisotopic (exact) mass is 317 g/mol. The van der Waals surface area contributed by atoms with E-state index in [0.29, 0.717) is 10.0 Å². The number of halogens is 2. The van der Waals surface area contributed by atoms with Gasteiger partial charge in [0.1, 0.15) is 0 Å². The van der Waals surface area contributed by atoms with Crippen LogP contribution >= 0.6 is 23.2 Å². The summed E-state index contributed by atoms with van der Waals surface area (Å²) in [5.41, 5.74) is 4.67. The summed E-state index contributed by atoms with van der Waals surface area (Å²) in [6.07, 6.45) is 3.59. The van der Waals surface area contributed by atoms with Crippen LogP contribution in [0, 0.1) is 0 Å². The Bertz CT molecular complexity index is 784. The van der Waals surface area contributed by atoms with Gasteiger partial charge in [0.15, 0.2) is 0 Å². The van der Waals surface area contributed by atoms with Crippen LogP contribution in [0.15, 0.2) is 54.9 Å². The molecule has 21 heavy (non-hydrogen) atoms. The number of hydrogen-bond acceptors (Lipinski definition) is 3. The van der Waals surface area contributed by atoms with E-state index in [9.17, 15) is 0 Å². The van der Waals surface area contributed by atoms with Crippen molar-refractivity contribution in [3.8, 4) is 0 Å². The number of nitrogens with zero attached hydrogens (tertiary/aromatic N) is 1. The van der Waals surface area contributed by atoms with Crippen LogP contribution in [0.25, 0.3) is 10.8 Å². The van der Waals surface area contributed by atoms with Crippen LogP contribution in [0.4, 0.5) is 0 Å². The Balaban J connectivity index is 2.21. The number of nitrogens with two attached hydrogens (primary N) is 1. The second-order valence-electron chi connectivity index (χ2n) is 4.71. The second-order valence-corrected chi connectivity index (χ2v) is 5.55. The lowest BCUT2D eigenvalue weighted by Crippen LogP contribution is -2.29. The number of hydrogen-bond donors (Lipinski definition) is 2. The summed E-state index contributed by atoms with van der Waals surface area (Å²) in [4.78, 5) is 4.20. The molecular weight excluding hydrogens is 305 g/mol. The van der Waals surface area contributed by atoms with Crippen LogP contribution in [-0.2, 0) is 0 Å². The first-order chi connectivity index (χ1) is 10.2. The SMILES string of the molecule is NNC(c1cc(Cl)ccc1Cl)c1cccc2ccncc12. The van der Waals surface area contributed by atoms with E-state index in [1.54, 1.807) is 18.3 Å². The minimum atomic E-state index is -0.260. The van der Waals surface area contributed by atoms with Crippen LogP contribution in [0.2, 0.25) is 10.0 Å². The van der Waals surface area contributed by atoms with Crippen molar-refractivity contribution in [1.29, 1.82) is 0 Å². The predicted octanol–water partition coefficient (Wildman–Crippen LogP) is 4.09. The van der Waals surface area contributed by atoms with E-state index in [4.69, 9.17) is 29.0 Å². The molecule has 1 heterocycles. The fraction of sp³-hybridized carbons (Fsp3) is 0.0625. The number of aromatic nitrogens is 1. The average molecular weight is 318 g/mol. The van der Waals surface area contributed by atoms with Gasteiger partial charge in [0.2, 0.25) is 0 Å². The Kier molecular flexibility index (Phi) is 4.08. The number of benzene rings is 2. The number of fused-ring (bicyclic) bond motifs is 1. The Hall–Kier alpha value is -1.65. The lowest BCUT2D eigenvalue weighted by atomic mass is 9.95. The summed E-state index contributed by atoms with van der Waals surface area (Å²) in [5.74, 6) is 5.77. The van der Waals surface area contributed by atoms with Crippen molar-refractivity contribution in [2.45, 2.75) is 6.04 Å². The first kappa shape index (κ1) is 14.3. The third-order valence-corrected chi connectivity index (χ3v) is 4.04. The van der Waals surface area contributed by atoms with Gasteiger partial charge in [-0.15, -0.1) is 0 Å². The van der Waals surface area contributed by atoms with Gasteiger partial charge in [0.05, 0.1) is 6.04 Å². The smallest absolute Gasteiger partial charge is 0.0731 e. The highest BCUT2D eigenvalue weighted by Gasteiger charge is 2.18. The molecule has 3 nitrogen and oxygen atoms in total. The first-order valence-corrected chi connectivity index (χ1v) is 7.20. The highest BCUT2D eigenvalue weighted by atomic mass is 35.5. The van der Waals surface area contributed by atoms with Gasteiger partial charge in [0.25, 0.3) is 0 Å². The van der Waals surface area contributed by atoms with Gasteiger partial charge >= 0.3 is 0 Å². The maximum absolute atomic E-state index is 6.30. The Morgan fingerprint density at radius 1 is 1.05 bits per heavy atom. The topological polar surface area (TPSA) is 50.9 Å². The van der Waals surface area contributed by atoms with Crippen molar-refractivity contribution in [2.24, 2.45) is 5.84 Å². The van der Waals surface area contributed by atoms with Crippen LogP contribution in [-0.4, -0.2) is 4.98 Å². The molecule has 5 heteroatoms. The quantitative estimate of drug-likeness (QED) is 0.565. The molecule has 0 fully saturated rings. The summed E-state index contributed by atoms with van der Waals surface area (Å²) < 4.78 is 0. The molecule has 2 aromatic carbocycles. The molecule has 3 N–H and O–H groups in total. The van der Waals surface area contributed by atoms with Crippen molar-refractivity contribution < 1.29 is 0 Å². The van der Waals surface area contributed by atoms with Gasteiger partial charge in [-0.25, -0.2) is 5.43 Å². The molecule has 3 aromatic rings. The van der Waals surface area contributed by atoms with E-state index < -0.39 is 0 Å². The highest BCUT2D eigenvalue weighted by molar-refractivity contribution is 6.33. The fourth-order valence-corrected chi connectivity index (χ4v) is 2.88. The predicted molar refractivity (Wildman–Crippen MR) is 87.4 cm³/mol. The zero-order valence-electron chi connectivity index (χ0n) is 11.1. The third kappa shape index (κ3) is 2.74. The van der Waals surface area contributed by atoms with Crippen LogP contribution in [0.3, 0.4) is 0 Å². The summed E-state index contributed by atoms with van der Waals surface area (Å²) in [6.45, 7) is 0. The molecule has 0 aliphatic carbocycles. The van der Waals surface area contributed by atoms with Crippen molar-refractivity contribution in [2.75, 3.05) is 0 Å². The van der Waals surface area contributed by atoms with Crippen molar-refractivity contribution in [1.82, 2.24) is 10.4 Å². The number of nitrogens with one attached hydrogen (secondary N) is 1. The lowest BCUT2D eigenvalue weighted by Gasteiger charge is -2.20. The molecule has 3 rings (SSSR count). The maximum atomic E-state index is 6.30. The van der Waals surface area contributed by atoms with Gasteiger partial charge in [-0.05, 0) is 40.8 Å². The largest absolute Gasteiger partial charge is 0.271 e. The molecular formula is C16H13Cl2N3. The Morgan fingerprint density at radius 2 is 1.90 bits per heavy atom. The summed E-state index contributed by atoms with van der Waals surface area (Å²) in [5, 5.41) is 3.36. The first-order valence-electron chi connectivity index (χ1n) is 6.44. The van der Waals surface area contributed by atoms with Crippen molar-refractivity contribution in [3.63, 3.8) is 0 Å². The molecule has 0 aliphatic rings. The Labute approximate surface area is 132 Å². The molecule has 0 aliphatic heterocycles. The minimum Gasteiger partial charge on any atom is -0.271 e. The van der Waals surface area contributed by atoms with Gasteiger partial charge in [0, 0.05) is 27.8 Å². The molecule has 1 aromatic heterocycles. The van der Waals surface area contributed by atoms with Gasteiger partial charge < -0.3 is 0 Å². The second kappa shape index (κ2) is 6.00. The number of rotatable bonds is 3. The van der Waals surface area contributed by atoms with E-state index in [-0.39, 0.29) is 6.04 Å². The summed E-state index contributed by atoms with van der Waals surface area (Å²) in [6, 6.07) is 13.1. The molecule has 0 saturated heterocycles. The van der Waals surface area contributed by atoms with Crippen molar-refractivity contribution >= 4 is 34.0 Å². The molecule has 0 amide bonds. The van der Waals surface area contributed by atoms with E-state index in [1.807, 2.05) is 36.5 Å². The normalized spacial score (nSPS) is 12.5. The molecule has 0 bridgehead atoms. The van der Waals surface area contributed by atoms with E-state index in [2.05, 4.69) is 10.4 Å². The highest BCUT2D eigenvalue weighted by Crippen LogP contribution is 2.33. The van der Waals surface area contributed by atoms with Gasteiger partial charge in [-0.1, -0.05) is 41.4 Å². The molecule has 1 unspecified atom stereocenters. The average Bonchev–Trinajstić information content (AvgIpc) is 2.51. The van der Waals surface area contributed by atoms with E-state index >= 15 is 0 Å².